The van der Waals surface area contributed by atoms with Crippen LogP contribution in [0, 0.1) is 0 Å². The van der Waals surface area contributed by atoms with Crippen molar-refractivity contribution in [3.63, 3.8) is 0 Å². The van der Waals surface area contributed by atoms with Crippen LogP contribution < -0.4 is 24.8 Å². The third-order valence-corrected chi connectivity index (χ3v) is 6.00. The summed E-state index contributed by atoms with van der Waals surface area (Å²) in [6, 6.07) is 12.0. The lowest BCUT2D eigenvalue weighted by molar-refractivity contribution is -0.139. The van der Waals surface area contributed by atoms with E-state index in [2.05, 4.69) is 10.6 Å². The highest BCUT2D eigenvalue weighted by Gasteiger charge is 2.32. The van der Waals surface area contributed by atoms with Crippen molar-refractivity contribution in [1.29, 1.82) is 0 Å². The summed E-state index contributed by atoms with van der Waals surface area (Å²) in [7, 11) is 4.56. The Kier molecular flexibility index (Phi) is 9.02. The third kappa shape index (κ3) is 6.27. The van der Waals surface area contributed by atoms with Crippen molar-refractivity contribution in [2.24, 2.45) is 4.99 Å². The Labute approximate surface area is 208 Å². The number of nitrogens with zero attached hydrogens (tertiary/aromatic N) is 1. The van der Waals surface area contributed by atoms with Gasteiger partial charge in [-0.3, -0.25) is 4.79 Å². The average Bonchev–Trinajstić information content (AvgIpc) is 2.86. The molecule has 0 bridgehead atoms. The Morgan fingerprint density at radius 2 is 1.71 bits per heavy atom. The number of allylic oxidation sites excluding steroid dienone is 1. The second kappa shape index (κ2) is 12.2. The van der Waals surface area contributed by atoms with Crippen molar-refractivity contribution in [3.05, 3.63) is 59.3 Å². The van der Waals surface area contributed by atoms with Crippen LogP contribution in [0.15, 0.2) is 58.7 Å². The second-order valence-electron chi connectivity index (χ2n) is 7.38. The monoisotopic (exact) mass is 499 g/mol. The number of esters is 1. The maximum Gasteiger partial charge on any atom is 0.338 e. The topological polar surface area (TPSA) is 107 Å². The van der Waals surface area contributed by atoms with Crippen molar-refractivity contribution < 1.29 is 28.5 Å². The molecule has 0 aromatic heterocycles. The molecule has 0 radical (unpaired) electrons. The van der Waals surface area contributed by atoms with Crippen LogP contribution in [-0.4, -0.2) is 50.7 Å². The zero-order chi connectivity index (χ0) is 25.4. The summed E-state index contributed by atoms with van der Waals surface area (Å²) in [5.41, 5.74) is 2.31. The number of hydrogen-bond acceptors (Lipinski definition) is 9. The van der Waals surface area contributed by atoms with E-state index in [1.807, 2.05) is 30.3 Å². The fourth-order valence-corrected chi connectivity index (χ4v) is 4.29. The summed E-state index contributed by atoms with van der Waals surface area (Å²) in [4.78, 5) is 30.0. The van der Waals surface area contributed by atoms with Gasteiger partial charge in [0.1, 0.15) is 6.04 Å². The number of carbonyl (C=O) groups is 2. The molecule has 1 aliphatic heterocycles. The van der Waals surface area contributed by atoms with Gasteiger partial charge in [-0.1, -0.05) is 30.0 Å². The molecule has 2 aromatic rings. The first-order valence-corrected chi connectivity index (χ1v) is 11.9. The normalized spacial score (nSPS) is 15.0. The smallest absolute Gasteiger partial charge is 0.338 e. The van der Waals surface area contributed by atoms with Gasteiger partial charge < -0.3 is 29.6 Å². The van der Waals surface area contributed by atoms with Gasteiger partial charge in [0.25, 0.3) is 0 Å². The molecule has 0 fully saturated rings. The summed E-state index contributed by atoms with van der Waals surface area (Å²) in [6.07, 6.45) is 0. The fraction of sp³-hybridized carbons (Fsp3) is 0.320. The molecule has 2 N–H and O–H groups in total. The molecule has 9 nitrogen and oxygen atoms in total. The number of anilines is 1. The lowest BCUT2D eigenvalue weighted by atomic mass is 9.96. The van der Waals surface area contributed by atoms with Crippen LogP contribution in [0.2, 0.25) is 0 Å². The summed E-state index contributed by atoms with van der Waals surface area (Å²) in [6.45, 7) is 3.74. The van der Waals surface area contributed by atoms with Crippen LogP contribution in [0.1, 0.15) is 25.5 Å². The number of benzene rings is 2. The first-order chi connectivity index (χ1) is 16.9. The molecule has 0 saturated carbocycles. The predicted molar refractivity (Wildman–Crippen MR) is 136 cm³/mol. The van der Waals surface area contributed by atoms with E-state index < -0.39 is 12.0 Å². The van der Waals surface area contributed by atoms with Crippen molar-refractivity contribution in [3.8, 4) is 17.2 Å². The van der Waals surface area contributed by atoms with Gasteiger partial charge in [0.15, 0.2) is 16.7 Å². The van der Waals surface area contributed by atoms with E-state index in [9.17, 15) is 9.59 Å². The lowest BCUT2D eigenvalue weighted by Gasteiger charge is -2.26. The molecule has 0 unspecified atom stereocenters. The zero-order valence-electron chi connectivity index (χ0n) is 20.3. The number of para-hydroxylation sites is 1. The number of amides is 1. The molecule has 10 heteroatoms. The number of amidine groups is 1. The molecule has 0 spiro atoms. The van der Waals surface area contributed by atoms with Crippen molar-refractivity contribution in [2.45, 2.75) is 19.9 Å². The van der Waals surface area contributed by atoms with Crippen LogP contribution in [-0.2, 0) is 14.3 Å². The molecule has 186 valence electrons. The van der Waals surface area contributed by atoms with Gasteiger partial charge >= 0.3 is 5.97 Å². The number of nitrogens with one attached hydrogen (secondary N) is 2. The molecule has 0 aliphatic carbocycles. The number of ether oxygens (including phenoxy) is 4. The molecule has 1 heterocycles. The number of hydrogen-bond donors (Lipinski definition) is 2. The molecule has 1 amide bonds. The maximum atomic E-state index is 12.9. The Morgan fingerprint density at radius 1 is 1.06 bits per heavy atom. The number of rotatable bonds is 9. The summed E-state index contributed by atoms with van der Waals surface area (Å²) >= 11 is 1.23. The standard InChI is InChI=1S/C25H29N3O6S/c1-6-34-24(30)21-15(2)26-25(35-14-20(29)27-17-10-8-7-9-11-17)28-22(21)16-12-18(31-3)23(33-5)19(13-16)32-4/h7-13,22H,6,14H2,1-5H3,(H,26,28)(H,27,29)/t22-/m0/s1. The largest absolute Gasteiger partial charge is 0.493 e. The molecule has 3 rings (SSSR count). The third-order valence-electron chi connectivity index (χ3n) is 5.11. The minimum atomic E-state index is -0.705. The van der Waals surface area contributed by atoms with Gasteiger partial charge in [-0.15, -0.1) is 0 Å². The highest BCUT2D eigenvalue weighted by atomic mass is 32.2. The molecular weight excluding hydrogens is 470 g/mol. The van der Waals surface area contributed by atoms with Crippen LogP contribution in [0.25, 0.3) is 0 Å². The Balaban J connectivity index is 1.92. The van der Waals surface area contributed by atoms with Gasteiger partial charge in [0, 0.05) is 11.4 Å². The first-order valence-electron chi connectivity index (χ1n) is 10.9. The van der Waals surface area contributed by atoms with E-state index in [-0.39, 0.29) is 18.3 Å². The van der Waals surface area contributed by atoms with Crippen LogP contribution in [0.4, 0.5) is 5.69 Å². The molecule has 0 saturated heterocycles. The van der Waals surface area contributed by atoms with Gasteiger partial charge in [0.2, 0.25) is 11.7 Å². The second-order valence-corrected chi connectivity index (χ2v) is 8.35. The van der Waals surface area contributed by atoms with E-state index in [1.54, 1.807) is 26.0 Å². The highest BCUT2D eigenvalue weighted by Crippen LogP contribution is 2.43. The predicted octanol–water partition coefficient (Wildman–Crippen LogP) is 3.92. The lowest BCUT2D eigenvalue weighted by Crippen LogP contribution is -2.31. The summed E-state index contributed by atoms with van der Waals surface area (Å²) < 4.78 is 21.7. The van der Waals surface area contributed by atoms with E-state index in [4.69, 9.17) is 23.9 Å². The Bertz CT molecular complexity index is 1110. The van der Waals surface area contributed by atoms with Crippen molar-refractivity contribution in [2.75, 3.05) is 39.0 Å². The number of methoxy groups -OCH3 is 3. The van der Waals surface area contributed by atoms with Crippen LogP contribution >= 0.6 is 11.8 Å². The van der Waals surface area contributed by atoms with E-state index in [0.717, 1.165) is 0 Å². The van der Waals surface area contributed by atoms with Gasteiger partial charge in [-0.05, 0) is 43.7 Å². The zero-order valence-corrected chi connectivity index (χ0v) is 21.2. The molecule has 1 atom stereocenters. The molecular formula is C25H29N3O6S. The van der Waals surface area contributed by atoms with Crippen LogP contribution in [0.3, 0.4) is 0 Å². The van der Waals surface area contributed by atoms with Crippen molar-refractivity contribution in [1.82, 2.24) is 5.32 Å². The van der Waals surface area contributed by atoms with Gasteiger partial charge in [-0.2, -0.15) is 0 Å². The first kappa shape index (κ1) is 26.0. The molecule has 1 aliphatic rings. The SMILES string of the molecule is CCOC(=O)C1=C(C)NC(SCC(=O)Nc2ccccc2)=N[C@H]1c1cc(OC)c(OC)c(OC)c1. The number of thioether (sulfide) groups is 1. The number of aliphatic imine (C=N–C) groups is 1. The van der Waals surface area contributed by atoms with Crippen molar-refractivity contribution >= 4 is 34.5 Å². The van der Waals surface area contributed by atoms with E-state index >= 15 is 0 Å². The maximum absolute atomic E-state index is 12.9. The summed E-state index contributed by atoms with van der Waals surface area (Å²) in [5.74, 6) is 0.784. The minimum Gasteiger partial charge on any atom is -0.493 e. The van der Waals surface area contributed by atoms with E-state index in [1.165, 1.54) is 33.1 Å². The molecule has 35 heavy (non-hydrogen) atoms. The van der Waals surface area contributed by atoms with Crippen LogP contribution in [0.5, 0.6) is 17.2 Å². The van der Waals surface area contributed by atoms with Gasteiger partial charge in [0.05, 0.1) is 39.3 Å². The highest BCUT2D eigenvalue weighted by molar-refractivity contribution is 8.14. The number of carbonyl (C=O) groups excluding carboxylic acids is 2. The van der Waals surface area contributed by atoms with E-state index in [0.29, 0.717) is 44.9 Å². The fourth-order valence-electron chi connectivity index (χ4n) is 3.55. The Hall–Kier alpha value is -3.66. The average molecular weight is 500 g/mol. The Morgan fingerprint density at radius 3 is 2.29 bits per heavy atom. The molecule has 2 aromatic carbocycles. The quantitative estimate of drug-likeness (QED) is 0.500. The van der Waals surface area contributed by atoms with Gasteiger partial charge in [-0.25, -0.2) is 9.79 Å². The summed E-state index contributed by atoms with van der Waals surface area (Å²) in [5, 5.41) is 6.47. The minimum absolute atomic E-state index is 0.130.